The van der Waals surface area contributed by atoms with Crippen LogP contribution in [-0.2, 0) is 19.6 Å². The molecule has 35 heavy (non-hydrogen) atoms. The van der Waals surface area contributed by atoms with Crippen molar-refractivity contribution in [3.05, 3.63) is 77.1 Å². The molecule has 0 unspecified atom stereocenters. The predicted octanol–water partition coefficient (Wildman–Crippen LogP) is 3.85. The largest absolute Gasteiger partial charge is 0.486 e. The van der Waals surface area contributed by atoms with Gasteiger partial charge in [-0.2, -0.15) is 0 Å². The molecule has 0 bridgehead atoms. The number of amides is 1. The van der Waals surface area contributed by atoms with E-state index in [1.807, 2.05) is 0 Å². The fourth-order valence-electron chi connectivity index (χ4n) is 3.09. The highest BCUT2D eigenvalue weighted by Gasteiger charge is 2.21. The number of benzene rings is 3. The van der Waals surface area contributed by atoms with Crippen LogP contribution in [0.5, 0.6) is 11.5 Å². The van der Waals surface area contributed by atoms with Crippen molar-refractivity contribution in [1.82, 2.24) is 0 Å². The van der Waals surface area contributed by atoms with Crippen LogP contribution in [0, 0.1) is 5.82 Å². The number of fused-ring (bicyclic) bond motifs is 1. The van der Waals surface area contributed by atoms with Crippen LogP contribution in [0.1, 0.15) is 10.4 Å². The van der Waals surface area contributed by atoms with Crippen LogP contribution < -0.4 is 19.5 Å². The molecule has 9 nitrogen and oxygen atoms in total. The summed E-state index contributed by atoms with van der Waals surface area (Å²) in [7, 11) is -4.12. The first-order valence-electron chi connectivity index (χ1n) is 10.2. The number of hydrogen-bond donors (Lipinski definition) is 2. The molecule has 3 aromatic carbocycles. The number of esters is 1. The van der Waals surface area contributed by atoms with Crippen molar-refractivity contribution < 1.29 is 36.6 Å². The summed E-state index contributed by atoms with van der Waals surface area (Å²) in [6.45, 7) is 0.174. The van der Waals surface area contributed by atoms with E-state index in [9.17, 15) is 22.4 Å². The average molecular weight is 521 g/mol. The number of carbonyl (C=O) groups is 2. The average Bonchev–Trinajstić information content (AvgIpc) is 2.84. The van der Waals surface area contributed by atoms with E-state index < -0.39 is 34.3 Å². The molecule has 2 N–H and O–H groups in total. The van der Waals surface area contributed by atoms with Gasteiger partial charge in [0.1, 0.15) is 19.0 Å². The molecule has 0 atom stereocenters. The number of nitrogens with one attached hydrogen (secondary N) is 2. The smallest absolute Gasteiger partial charge is 0.340 e. The molecule has 12 heteroatoms. The normalized spacial score (nSPS) is 12.5. The molecule has 0 fully saturated rings. The van der Waals surface area contributed by atoms with E-state index in [1.165, 1.54) is 24.3 Å². The Labute approximate surface area is 204 Å². The number of halogens is 2. The van der Waals surface area contributed by atoms with E-state index in [0.717, 1.165) is 18.2 Å². The van der Waals surface area contributed by atoms with Crippen LogP contribution in [0.4, 0.5) is 15.8 Å². The zero-order valence-electron chi connectivity index (χ0n) is 17.9. The van der Waals surface area contributed by atoms with Gasteiger partial charge in [-0.15, -0.1) is 0 Å². The van der Waals surface area contributed by atoms with Gasteiger partial charge in [-0.1, -0.05) is 11.6 Å². The lowest BCUT2D eigenvalue weighted by Gasteiger charge is -2.19. The van der Waals surface area contributed by atoms with Gasteiger partial charge in [0, 0.05) is 17.4 Å². The van der Waals surface area contributed by atoms with E-state index in [0.29, 0.717) is 30.4 Å². The van der Waals surface area contributed by atoms with Crippen LogP contribution in [0.25, 0.3) is 0 Å². The minimum absolute atomic E-state index is 0.0667. The number of ether oxygens (including phenoxy) is 3. The maximum absolute atomic E-state index is 13.1. The number of anilines is 2. The molecule has 3 aromatic rings. The molecule has 0 saturated carbocycles. The number of sulfonamides is 1. The molecule has 0 spiro atoms. The van der Waals surface area contributed by atoms with Gasteiger partial charge in [0.15, 0.2) is 18.1 Å². The minimum Gasteiger partial charge on any atom is -0.486 e. The van der Waals surface area contributed by atoms with Gasteiger partial charge in [0.05, 0.1) is 15.5 Å². The lowest BCUT2D eigenvalue weighted by Crippen LogP contribution is -2.22. The van der Waals surface area contributed by atoms with Gasteiger partial charge in [-0.3, -0.25) is 9.52 Å². The van der Waals surface area contributed by atoms with E-state index in [4.69, 9.17) is 25.8 Å². The van der Waals surface area contributed by atoms with Gasteiger partial charge in [-0.25, -0.2) is 17.6 Å². The summed E-state index contributed by atoms with van der Waals surface area (Å²) in [5.41, 5.74) is 0.287. The first-order valence-corrected chi connectivity index (χ1v) is 12.0. The molecular formula is C23H18ClFN2O7S. The molecular weight excluding hydrogens is 503 g/mol. The molecule has 0 radical (unpaired) electrons. The minimum atomic E-state index is -4.12. The third kappa shape index (κ3) is 6.00. The maximum Gasteiger partial charge on any atom is 0.340 e. The highest BCUT2D eigenvalue weighted by atomic mass is 35.5. The summed E-state index contributed by atoms with van der Waals surface area (Å²) >= 11 is 6.05. The zero-order chi connectivity index (χ0) is 25.0. The molecule has 1 aliphatic heterocycles. The van der Waals surface area contributed by atoms with Crippen LogP contribution in [0.15, 0.2) is 65.6 Å². The highest BCUT2D eigenvalue weighted by Crippen LogP contribution is 2.32. The van der Waals surface area contributed by atoms with Crippen molar-refractivity contribution in [2.45, 2.75) is 4.90 Å². The number of rotatable bonds is 7. The van der Waals surface area contributed by atoms with Gasteiger partial charge in [0.25, 0.3) is 15.9 Å². The van der Waals surface area contributed by atoms with Crippen molar-refractivity contribution in [1.29, 1.82) is 0 Å². The van der Waals surface area contributed by atoms with Gasteiger partial charge >= 0.3 is 5.97 Å². The van der Waals surface area contributed by atoms with Crippen molar-refractivity contribution >= 4 is 44.9 Å². The zero-order valence-corrected chi connectivity index (χ0v) is 19.5. The molecule has 0 saturated heterocycles. The molecule has 0 aliphatic carbocycles. The topological polar surface area (TPSA) is 120 Å². The summed E-state index contributed by atoms with van der Waals surface area (Å²) in [4.78, 5) is 24.5. The predicted molar refractivity (Wildman–Crippen MR) is 125 cm³/mol. The van der Waals surface area contributed by atoms with E-state index in [1.54, 1.807) is 18.2 Å². The second-order valence-electron chi connectivity index (χ2n) is 7.24. The first kappa shape index (κ1) is 24.3. The Hall–Kier alpha value is -3.83. The van der Waals surface area contributed by atoms with Crippen LogP contribution >= 0.6 is 11.6 Å². The van der Waals surface area contributed by atoms with E-state index >= 15 is 0 Å². The highest BCUT2D eigenvalue weighted by molar-refractivity contribution is 7.92. The standard InChI is InChI=1S/C23H18ClFN2O7S/c24-19-7-6-17(35(30,31)27-15-3-1-14(25)2-4-15)12-18(19)23(29)34-13-22(28)26-16-5-8-20-21(11-16)33-10-9-32-20/h1-8,11-12,27H,9-10,13H2,(H,26,28). The maximum atomic E-state index is 13.1. The second-order valence-corrected chi connectivity index (χ2v) is 9.33. The molecule has 1 aliphatic rings. The monoisotopic (exact) mass is 520 g/mol. The van der Waals surface area contributed by atoms with E-state index in [-0.39, 0.29) is 21.2 Å². The number of hydrogen-bond acceptors (Lipinski definition) is 7. The fraction of sp³-hybridized carbons (Fsp3) is 0.130. The van der Waals surface area contributed by atoms with Crippen molar-refractivity contribution in [3.63, 3.8) is 0 Å². The van der Waals surface area contributed by atoms with Crippen LogP contribution in [0.2, 0.25) is 5.02 Å². The summed E-state index contributed by atoms with van der Waals surface area (Å²) < 4.78 is 56.5. The molecule has 1 amide bonds. The van der Waals surface area contributed by atoms with E-state index in [2.05, 4.69) is 10.0 Å². The Kier molecular flexibility index (Phi) is 7.08. The Morgan fingerprint density at radius 1 is 0.943 bits per heavy atom. The Bertz CT molecular complexity index is 1380. The lowest BCUT2D eigenvalue weighted by atomic mass is 10.2. The lowest BCUT2D eigenvalue weighted by molar-refractivity contribution is -0.119. The molecule has 4 rings (SSSR count). The first-order chi connectivity index (χ1) is 16.7. The van der Waals surface area contributed by atoms with Crippen molar-refractivity contribution in [2.24, 2.45) is 0 Å². The summed E-state index contributed by atoms with van der Waals surface area (Å²) in [6, 6.07) is 12.9. The van der Waals surface area contributed by atoms with Crippen molar-refractivity contribution in [3.8, 4) is 11.5 Å². The van der Waals surface area contributed by atoms with Crippen LogP contribution in [0.3, 0.4) is 0 Å². The molecule has 1 heterocycles. The van der Waals surface area contributed by atoms with Gasteiger partial charge in [-0.05, 0) is 54.6 Å². The summed E-state index contributed by atoms with van der Waals surface area (Å²) in [5.74, 6) is -1.12. The van der Waals surface area contributed by atoms with Gasteiger partial charge in [0.2, 0.25) is 0 Å². The second kappa shape index (κ2) is 10.2. The summed E-state index contributed by atoms with van der Waals surface area (Å²) in [6.07, 6.45) is 0. The summed E-state index contributed by atoms with van der Waals surface area (Å²) in [5, 5.41) is 2.50. The SMILES string of the molecule is O=C(COC(=O)c1cc(S(=O)(=O)Nc2ccc(F)cc2)ccc1Cl)Nc1ccc2c(c1)OCCO2. The third-order valence-corrected chi connectivity index (χ3v) is 6.43. The number of carbonyl (C=O) groups excluding carboxylic acids is 2. The molecule has 182 valence electrons. The van der Waals surface area contributed by atoms with Crippen LogP contribution in [-0.4, -0.2) is 40.1 Å². The third-order valence-electron chi connectivity index (χ3n) is 4.72. The van der Waals surface area contributed by atoms with Crippen molar-refractivity contribution in [2.75, 3.05) is 29.9 Å². The quantitative estimate of drug-likeness (QED) is 0.454. The Balaban J connectivity index is 1.40. The van der Waals surface area contributed by atoms with Gasteiger partial charge < -0.3 is 19.5 Å². The fourth-order valence-corrected chi connectivity index (χ4v) is 4.37. The Morgan fingerprint density at radius 3 is 2.37 bits per heavy atom. The molecule has 0 aromatic heterocycles. The Morgan fingerprint density at radius 2 is 1.63 bits per heavy atom.